The Labute approximate surface area is 121 Å². The highest BCUT2D eigenvalue weighted by atomic mass is 16.6. The van der Waals surface area contributed by atoms with Crippen LogP contribution in [0.2, 0.25) is 0 Å². The minimum atomic E-state index is -0.395. The molecule has 106 valence electrons. The standard InChI is InChI=1S/C15H14N4O2/c1-18-10-12-8-13(4-7-15(12)17-18)16-9-11-2-5-14(6-3-11)19(20)21/h2-8,10,16H,9H2,1H3. The highest BCUT2D eigenvalue weighted by Gasteiger charge is 2.04. The molecule has 2 aromatic carbocycles. The van der Waals surface area contributed by atoms with Crippen molar-refractivity contribution in [1.29, 1.82) is 0 Å². The number of nitrogens with zero attached hydrogens (tertiary/aromatic N) is 3. The first-order valence-corrected chi connectivity index (χ1v) is 6.52. The molecule has 21 heavy (non-hydrogen) atoms. The number of fused-ring (bicyclic) bond motifs is 1. The molecule has 6 heteroatoms. The maximum atomic E-state index is 10.6. The second-order valence-electron chi connectivity index (χ2n) is 4.85. The van der Waals surface area contributed by atoms with Gasteiger partial charge in [-0.2, -0.15) is 5.10 Å². The number of rotatable bonds is 4. The summed E-state index contributed by atoms with van der Waals surface area (Å²) < 4.78 is 1.78. The Morgan fingerprint density at radius 1 is 1.24 bits per heavy atom. The molecule has 0 saturated carbocycles. The smallest absolute Gasteiger partial charge is 0.269 e. The van der Waals surface area contributed by atoms with E-state index in [9.17, 15) is 10.1 Å². The zero-order valence-corrected chi connectivity index (χ0v) is 11.5. The molecule has 1 heterocycles. The normalized spacial score (nSPS) is 10.7. The van der Waals surface area contributed by atoms with E-state index in [0.717, 1.165) is 22.2 Å². The average Bonchev–Trinajstić information content (AvgIpc) is 2.84. The fourth-order valence-electron chi connectivity index (χ4n) is 2.20. The van der Waals surface area contributed by atoms with Gasteiger partial charge >= 0.3 is 0 Å². The molecule has 3 aromatic rings. The minimum absolute atomic E-state index is 0.107. The summed E-state index contributed by atoms with van der Waals surface area (Å²) in [6, 6.07) is 12.5. The first-order chi connectivity index (χ1) is 10.1. The topological polar surface area (TPSA) is 73.0 Å². The summed E-state index contributed by atoms with van der Waals surface area (Å²) in [6.45, 7) is 0.615. The molecule has 0 aliphatic rings. The molecule has 0 unspecified atom stereocenters. The summed E-state index contributed by atoms with van der Waals surface area (Å²) in [4.78, 5) is 10.2. The summed E-state index contributed by atoms with van der Waals surface area (Å²) in [5, 5.41) is 19.3. The first-order valence-electron chi connectivity index (χ1n) is 6.52. The summed E-state index contributed by atoms with van der Waals surface area (Å²) in [7, 11) is 1.89. The Kier molecular flexibility index (Phi) is 3.27. The van der Waals surface area contributed by atoms with Crippen LogP contribution in [-0.2, 0) is 13.6 Å². The molecule has 0 bridgehead atoms. The number of anilines is 1. The number of hydrogen-bond donors (Lipinski definition) is 1. The van der Waals surface area contributed by atoms with Crippen LogP contribution in [0.15, 0.2) is 48.7 Å². The highest BCUT2D eigenvalue weighted by molar-refractivity contribution is 5.81. The third-order valence-electron chi connectivity index (χ3n) is 3.26. The first kappa shape index (κ1) is 13.1. The van der Waals surface area contributed by atoms with Crippen molar-refractivity contribution in [3.63, 3.8) is 0 Å². The zero-order chi connectivity index (χ0) is 14.8. The van der Waals surface area contributed by atoms with Gasteiger partial charge in [0.2, 0.25) is 0 Å². The van der Waals surface area contributed by atoms with Gasteiger partial charge in [0.1, 0.15) is 0 Å². The Morgan fingerprint density at radius 2 is 2.00 bits per heavy atom. The number of hydrogen-bond acceptors (Lipinski definition) is 4. The van der Waals surface area contributed by atoms with Crippen LogP contribution < -0.4 is 5.32 Å². The molecular weight excluding hydrogens is 268 g/mol. The van der Waals surface area contributed by atoms with Gasteiger partial charge in [0.25, 0.3) is 5.69 Å². The van der Waals surface area contributed by atoms with Gasteiger partial charge in [0.05, 0.1) is 10.4 Å². The molecule has 0 atom stereocenters. The molecule has 0 spiro atoms. The molecule has 1 aromatic heterocycles. The number of benzene rings is 2. The molecule has 0 saturated heterocycles. The van der Waals surface area contributed by atoms with Crippen molar-refractivity contribution in [2.24, 2.45) is 7.05 Å². The third-order valence-corrected chi connectivity index (χ3v) is 3.26. The van der Waals surface area contributed by atoms with Crippen molar-refractivity contribution < 1.29 is 4.92 Å². The van der Waals surface area contributed by atoms with Crippen LogP contribution in [0.4, 0.5) is 11.4 Å². The molecule has 6 nitrogen and oxygen atoms in total. The Balaban J connectivity index is 1.71. The SMILES string of the molecule is Cn1cc2cc(NCc3ccc([N+](=O)[O-])cc3)ccc2n1. The largest absolute Gasteiger partial charge is 0.381 e. The zero-order valence-electron chi connectivity index (χ0n) is 11.5. The van der Waals surface area contributed by atoms with E-state index < -0.39 is 4.92 Å². The van der Waals surface area contributed by atoms with E-state index in [1.165, 1.54) is 12.1 Å². The number of nitro benzene ring substituents is 1. The van der Waals surface area contributed by atoms with Gasteiger partial charge < -0.3 is 5.32 Å². The van der Waals surface area contributed by atoms with Crippen LogP contribution in [0.25, 0.3) is 10.9 Å². The van der Waals surface area contributed by atoms with E-state index in [1.54, 1.807) is 16.8 Å². The van der Waals surface area contributed by atoms with Crippen LogP contribution in [0, 0.1) is 10.1 Å². The number of aromatic nitrogens is 2. The minimum Gasteiger partial charge on any atom is -0.381 e. The van der Waals surface area contributed by atoms with Gasteiger partial charge in [0.15, 0.2) is 0 Å². The molecule has 0 aliphatic heterocycles. The second-order valence-corrected chi connectivity index (χ2v) is 4.85. The van der Waals surface area contributed by atoms with Crippen molar-refractivity contribution >= 4 is 22.3 Å². The monoisotopic (exact) mass is 282 g/mol. The van der Waals surface area contributed by atoms with Crippen molar-refractivity contribution in [1.82, 2.24) is 9.78 Å². The third kappa shape index (κ3) is 2.84. The van der Waals surface area contributed by atoms with Gasteiger partial charge in [-0.15, -0.1) is 0 Å². The molecule has 0 radical (unpaired) electrons. The maximum absolute atomic E-state index is 10.6. The van der Waals surface area contributed by atoms with E-state index in [1.807, 2.05) is 31.4 Å². The van der Waals surface area contributed by atoms with E-state index in [-0.39, 0.29) is 5.69 Å². The van der Waals surface area contributed by atoms with Crippen molar-refractivity contribution in [2.75, 3.05) is 5.32 Å². The van der Waals surface area contributed by atoms with Crippen LogP contribution in [0.1, 0.15) is 5.56 Å². The van der Waals surface area contributed by atoms with E-state index >= 15 is 0 Å². The summed E-state index contributed by atoms with van der Waals surface area (Å²) in [5.41, 5.74) is 3.05. The Bertz CT molecular complexity index is 793. The summed E-state index contributed by atoms with van der Waals surface area (Å²) in [6.07, 6.45) is 1.96. The van der Waals surface area contributed by atoms with Gasteiger partial charge in [-0.25, -0.2) is 0 Å². The average molecular weight is 282 g/mol. The number of aryl methyl sites for hydroxylation is 1. The fraction of sp³-hybridized carbons (Fsp3) is 0.133. The van der Waals surface area contributed by atoms with Crippen molar-refractivity contribution in [3.05, 3.63) is 64.3 Å². The molecule has 0 aliphatic carbocycles. The van der Waals surface area contributed by atoms with Gasteiger partial charge in [-0.05, 0) is 23.8 Å². The van der Waals surface area contributed by atoms with Gasteiger partial charge in [-0.1, -0.05) is 12.1 Å². The summed E-state index contributed by atoms with van der Waals surface area (Å²) in [5.74, 6) is 0. The van der Waals surface area contributed by atoms with E-state index in [4.69, 9.17) is 0 Å². The lowest BCUT2D eigenvalue weighted by molar-refractivity contribution is -0.384. The second kappa shape index (κ2) is 5.24. The lowest BCUT2D eigenvalue weighted by Crippen LogP contribution is -1.99. The Morgan fingerprint density at radius 3 is 2.71 bits per heavy atom. The predicted octanol–water partition coefficient (Wildman–Crippen LogP) is 3.09. The fourth-order valence-corrected chi connectivity index (χ4v) is 2.20. The molecule has 0 fully saturated rings. The lowest BCUT2D eigenvalue weighted by atomic mass is 10.2. The number of nitrogens with one attached hydrogen (secondary N) is 1. The molecule has 0 amide bonds. The van der Waals surface area contributed by atoms with Crippen LogP contribution >= 0.6 is 0 Å². The maximum Gasteiger partial charge on any atom is 0.269 e. The van der Waals surface area contributed by atoms with Crippen molar-refractivity contribution in [2.45, 2.75) is 6.54 Å². The van der Waals surface area contributed by atoms with Gasteiger partial charge in [0, 0.05) is 43.0 Å². The molecular formula is C15H14N4O2. The van der Waals surface area contributed by atoms with Crippen LogP contribution in [0.5, 0.6) is 0 Å². The van der Waals surface area contributed by atoms with Crippen molar-refractivity contribution in [3.8, 4) is 0 Å². The summed E-state index contributed by atoms with van der Waals surface area (Å²) >= 11 is 0. The number of nitro groups is 1. The molecule has 1 N–H and O–H groups in total. The predicted molar refractivity (Wildman–Crippen MR) is 81.1 cm³/mol. The van der Waals surface area contributed by atoms with Gasteiger partial charge in [-0.3, -0.25) is 14.8 Å². The lowest BCUT2D eigenvalue weighted by Gasteiger charge is -2.06. The van der Waals surface area contributed by atoms with Crippen LogP contribution in [0.3, 0.4) is 0 Å². The van der Waals surface area contributed by atoms with E-state index in [2.05, 4.69) is 10.4 Å². The Hall–Kier alpha value is -2.89. The van der Waals surface area contributed by atoms with Crippen LogP contribution in [-0.4, -0.2) is 14.7 Å². The molecule has 3 rings (SSSR count). The number of non-ortho nitro benzene ring substituents is 1. The van der Waals surface area contributed by atoms with E-state index in [0.29, 0.717) is 6.54 Å². The quantitative estimate of drug-likeness (QED) is 0.589. The highest BCUT2D eigenvalue weighted by Crippen LogP contribution is 2.19.